The highest BCUT2D eigenvalue weighted by Gasteiger charge is 2.63. The Morgan fingerprint density at radius 3 is 1.71 bits per heavy atom. The lowest BCUT2D eigenvalue weighted by atomic mass is 9.71. The zero-order valence-corrected chi connectivity index (χ0v) is 12.3. The van der Waals surface area contributed by atoms with Gasteiger partial charge < -0.3 is 10.2 Å². The van der Waals surface area contributed by atoms with Gasteiger partial charge in [-0.25, -0.2) is 8.42 Å². The third kappa shape index (κ3) is 2.25. The van der Waals surface area contributed by atoms with Gasteiger partial charge in [0.2, 0.25) is 0 Å². The minimum absolute atomic E-state index is 0.368. The van der Waals surface area contributed by atoms with Crippen molar-refractivity contribution in [1.82, 2.24) is 0 Å². The van der Waals surface area contributed by atoms with E-state index in [0.717, 1.165) is 0 Å². The second-order valence-electron chi connectivity index (χ2n) is 7.21. The molecule has 102 valence electrons. The quantitative estimate of drug-likeness (QED) is 0.683. The van der Waals surface area contributed by atoms with Crippen molar-refractivity contribution in [1.29, 1.82) is 0 Å². The van der Waals surface area contributed by atoms with Crippen LogP contribution in [0.15, 0.2) is 0 Å². The summed E-state index contributed by atoms with van der Waals surface area (Å²) in [5.74, 6) is -0.368. The first-order valence-corrected chi connectivity index (χ1v) is 7.57. The zero-order chi connectivity index (χ0) is 13.9. The molecule has 1 rings (SSSR count). The van der Waals surface area contributed by atoms with Crippen LogP contribution in [0.4, 0.5) is 0 Å². The summed E-state index contributed by atoms with van der Waals surface area (Å²) < 4.78 is 24.3. The Kier molecular flexibility index (Phi) is 3.23. The van der Waals surface area contributed by atoms with Crippen molar-refractivity contribution < 1.29 is 18.6 Å². The van der Waals surface area contributed by atoms with Crippen molar-refractivity contribution in [2.45, 2.75) is 58.5 Å². The molecule has 4 nitrogen and oxygen atoms in total. The Bertz CT molecular complexity index is 399. The molecule has 0 aromatic rings. The topological polar surface area (TPSA) is 74.6 Å². The van der Waals surface area contributed by atoms with Crippen LogP contribution in [-0.4, -0.2) is 41.3 Å². The Hall–Kier alpha value is -0.130. The van der Waals surface area contributed by atoms with Crippen LogP contribution in [-0.2, 0) is 9.84 Å². The highest BCUT2D eigenvalue weighted by Crippen LogP contribution is 2.47. The fourth-order valence-corrected chi connectivity index (χ4v) is 5.69. The molecule has 0 radical (unpaired) electrons. The molecular formula is C12H24O4S. The van der Waals surface area contributed by atoms with Crippen LogP contribution in [0.25, 0.3) is 0 Å². The molecule has 0 aromatic carbocycles. The Morgan fingerprint density at radius 1 is 1.12 bits per heavy atom. The van der Waals surface area contributed by atoms with Gasteiger partial charge in [-0.1, -0.05) is 41.5 Å². The van der Waals surface area contributed by atoms with Gasteiger partial charge in [-0.05, 0) is 10.8 Å². The maximum atomic E-state index is 12.2. The van der Waals surface area contributed by atoms with Crippen molar-refractivity contribution in [3.8, 4) is 0 Å². The van der Waals surface area contributed by atoms with Crippen LogP contribution in [0.1, 0.15) is 41.5 Å². The van der Waals surface area contributed by atoms with E-state index < -0.39 is 37.6 Å². The van der Waals surface area contributed by atoms with Gasteiger partial charge in [0.1, 0.15) is 11.7 Å². The molecule has 3 unspecified atom stereocenters. The molecule has 0 aliphatic carbocycles. The smallest absolute Gasteiger partial charge is 0.159 e. The van der Waals surface area contributed by atoms with Crippen LogP contribution < -0.4 is 0 Å². The lowest BCUT2D eigenvalue weighted by molar-refractivity contribution is -0.124. The molecule has 5 heteroatoms. The first-order chi connectivity index (χ1) is 7.23. The van der Waals surface area contributed by atoms with Gasteiger partial charge >= 0.3 is 0 Å². The van der Waals surface area contributed by atoms with Crippen LogP contribution >= 0.6 is 0 Å². The first-order valence-electron chi connectivity index (χ1n) is 5.85. The lowest BCUT2D eigenvalue weighted by Gasteiger charge is -2.40. The van der Waals surface area contributed by atoms with E-state index in [2.05, 4.69) is 0 Å². The molecule has 1 aliphatic heterocycles. The maximum Gasteiger partial charge on any atom is 0.159 e. The molecule has 0 spiro atoms. The van der Waals surface area contributed by atoms with Crippen LogP contribution in [0.5, 0.6) is 0 Å². The Balaban J connectivity index is 3.34. The summed E-state index contributed by atoms with van der Waals surface area (Å²) in [5, 5.41) is 19.9. The summed E-state index contributed by atoms with van der Waals surface area (Å²) in [7, 11) is -3.48. The summed E-state index contributed by atoms with van der Waals surface area (Å²) in [6, 6.07) is 0. The number of hydrogen-bond acceptors (Lipinski definition) is 4. The highest BCUT2D eigenvalue weighted by atomic mass is 32.2. The van der Waals surface area contributed by atoms with Gasteiger partial charge in [-0.15, -0.1) is 0 Å². The van der Waals surface area contributed by atoms with E-state index in [0.29, 0.717) is 0 Å². The molecule has 1 heterocycles. The lowest BCUT2D eigenvalue weighted by Crippen LogP contribution is -2.55. The molecule has 2 N–H and O–H groups in total. The normalized spacial score (nSPS) is 38.4. The van der Waals surface area contributed by atoms with E-state index in [1.165, 1.54) is 0 Å². The summed E-state index contributed by atoms with van der Waals surface area (Å²) >= 11 is 0. The molecule has 0 bridgehead atoms. The highest BCUT2D eigenvalue weighted by molar-refractivity contribution is 7.92. The predicted molar refractivity (Wildman–Crippen MR) is 67.4 cm³/mol. The van der Waals surface area contributed by atoms with E-state index in [1.54, 1.807) is 41.5 Å². The molecule has 1 saturated heterocycles. The number of rotatable bonds is 0. The first kappa shape index (κ1) is 14.9. The average Bonchev–Trinajstić information content (AvgIpc) is 2.14. The van der Waals surface area contributed by atoms with Crippen LogP contribution in [0, 0.1) is 10.8 Å². The van der Waals surface area contributed by atoms with Gasteiger partial charge in [-0.2, -0.15) is 0 Å². The van der Waals surface area contributed by atoms with Crippen molar-refractivity contribution in [3.05, 3.63) is 0 Å². The molecule has 1 aliphatic rings. The largest absolute Gasteiger partial charge is 0.389 e. The van der Waals surface area contributed by atoms with Crippen molar-refractivity contribution in [2.24, 2.45) is 10.8 Å². The van der Waals surface area contributed by atoms with Gasteiger partial charge in [0.05, 0.1) is 11.0 Å². The Morgan fingerprint density at radius 2 is 1.53 bits per heavy atom. The second-order valence-corrected chi connectivity index (χ2v) is 9.34. The van der Waals surface area contributed by atoms with Crippen LogP contribution in [0.3, 0.4) is 0 Å². The minimum atomic E-state index is -3.48. The van der Waals surface area contributed by atoms with Gasteiger partial charge in [0.25, 0.3) is 0 Å². The number of hydrogen-bond donors (Lipinski definition) is 2. The van der Waals surface area contributed by atoms with Crippen molar-refractivity contribution in [2.75, 3.05) is 5.75 Å². The van der Waals surface area contributed by atoms with E-state index >= 15 is 0 Å². The predicted octanol–water partition coefficient (Wildman–Crippen LogP) is 0.968. The fraction of sp³-hybridized carbons (Fsp3) is 1.00. The van der Waals surface area contributed by atoms with E-state index in [1.807, 2.05) is 0 Å². The third-order valence-electron chi connectivity index (χ3n) is 3.74. The second kappa shape index (κ2) is 3.68. The average molecular weight is 264 g/mol. The summed E-state index contributed by atoms with van der Waals surface area (Å²) in [6.07, 6.45) is -1.24. The zero-order valence-electron chi connectivity index (χ0n) is 11.5. The van der Waals surface area contributed by atoms with E-state index in [4.69, 9.17) is 0 Å². The molecule has 0 saturated carbocycles. The summed E-state index contributed by atoms with van der Waals surface area (Å²) in [5.41, 5.74) is -2.85. The standard InChI is InChI=1S/C12H24O4S/c1-10(2,3)9-8(13)12(14,11(4,5)6)7-17(9,15)16/h8-9,13-14H,7H2,1-6H3. The third-order valence-corrected chi connectivity index (χ3v) is 6.32. The maximum absolute atomic E-state index is 12.2. The molecule has 17 heavy (non-hydrogen) atoms. The SMILES string of the molecule is CC(C)(C)C1C(O)C(O)(C(C)(C)C)CS1(=O)=O. The minimum Gasteiger partial charge on any atom is -0.389 e. The van der Waals surface area contributed by atoms with E-state index in [-0.39, 0.29) is 5.75 Å². The molecule has 0 aromatic heterocycles. The molecule has 1 fully saturated rings. The summed E-state index contributed by atoms with van der Waals surface area (Å²) in [6.45, 7) is 10.6. The summed E-state index contributed by atoms with van der Waals surface area (Å²) in [4.78, 5) is 0. The monoisotopic (exact) mass is 264 g/mol. The van der Waals surface area contributed by atoms with Crippen molar-refractivity contribution >= 4 is 9.84 Å². The molecular weight excluding hydrogens is 240 g/mol. The Labute approximate surface area is 104 Å². The van der Waals surface area contributed by atoms with Gasteiger partial charge in [-0.3, -0.25) is 0 Å². The number of aliphatic hydroxyl groups excluding tert-OH is 1. The van der Waals surface area contributed by atoms with Crippen molar-refractivity contribution in [3.63, 3.8) is 0 Å². The van der Waals surface area contributed by atoms with Gasteiger partial charge in [0, 0.05) is 0 Å². The molecule has 3 atom stereocenters. The van der Waals surface area contributed by atoms with Gasteiger partial charge in [0.15, 0.2) is 9.84 Å². The number of sulfone groups is 1. The molecule has 0 amide bonds. The number of aliphatic hydroxyl groups is 2. The van der Waals surface area contributed by atoms with E-state index in [9.17, 15) is 18.6 Å². The fourth-order valence-electron chi connectivity index (χ4n) is 2.60. The van der Waals surface area contributed by atoms with Crippen LogP contribution in [0.2, 0.25) is 0 Å².